The lowest BCUT2D eigenvalue weighted by Crippen LogP contribution is -2.46. The van der Waals surface area contributed by atoms with Crippen molar-refractivity contribution in [2.45, 2.75) is 37.8 Å². The van der Waals surface area contributed by atoms with Crippen LogP contribution in [0.2, 0.25) is 0 Å². The highest BCUT2D eigenvalue weighted by Gasteiger charge is 2.43. The summed E-state index contributed by atoms with van der Waals surface area (Å²) in [5, 5.41) is 0. The Hall–Kier alpha value is -2.04. The van der Waals surface area contributed by atoms with Crippen LogP contribution in [-0.4, -0.2) is 41.9 Å². The fraction of sp³-hybridized carbons (Fsp3) is 0.500. The average molecular weight is 287 g/mol. The molecule has 2 atom stereocenters. The van der Waals surface area contributed by atoms with Crippen LogP contribution in [0.15, 0.2) is 18.2 Å². The van der Waals surface area contributed by atoms with Crippen LogP contribution < -0.4 is 9.47 Å². The Morgan fingerprint density at radius 1 is 1.05 bits per heavy atom. The third-order valence-corrected chi connectivity index (χ3v) is 4.57. The number of fused-ring (bicyclic) bond motifs is 3. The molecule has 2 unspecified atom stereocenters. The highest BCUT2D eigenvalue weighted by atomic mass is 16.6. The minimum absolute atomic E-state index is 0.00646. The van der Waals surface area contributed by atoms with Crippen molar-refractivity contribution in [2.24, 2.45) is 0 Å². The van der Waals surface area contributed by atoms with Crippen molar-refractivity contribution in [1.82, 2.24) is 4.90 Å². The van der Waals surface area contributed by atoms with Gasteiger partial charge in [0.25, 0.3) is 5.91 Å². The van der Waals surface area contributed by atoms with Gasteiger partial charge in [-0.3, -0.25) is 9.59 Å². The average Bonchev–Trinajstić information content (AvgIpc) is 2.78. The molecule has 1 aromatic carbocycles. The van der Waals surface area contributed by atoms with Gasteiger partial charge in [0.2, 0.25) is 0 Å². The molecule has 0 saturated carbocycles. The highest BCUT2D eigenvalue weighted by Crippen LogP contribution is 2.37. The molecule has 2 saturated heterocycles. The summed E-state index contributed by atoms with van der Waals surface area (Å²) in [5.74, 6) is 1.61. The number of hydrogen-bond acceptors (Lipinski definition) is 4. The smallest absolute Gasteiger partial charge is 0.254 e. The third-order valence-electron chi connectivity index (χ3n) is 4.57. The first-order valence-corrected chi connectivity index (χ1v) is 7.46. The third kappa shape index (κ3) is 2.07. The zero-order valence-corrected chi connectivity index (χ0v) is 11.7. The highest BCUT2D eigenvalue weighted by molar-refractivity contribution is 5.97. The molecule has 110 valence electrons. The fourth-order valence-electron chi connectivity index (χ4n) is 3.63. The molecule has 2 bridgehead atoms. The quantitative estimate of drug-likeness (QED) is 0.790. The number of nitrogens with zero attached hydrogens (tertiary/aromatic N) is 1. The summed E-state index contributed by atoms with van der Waals surface area (Å²) in [6.07, 6.45) is 2.89. The summed E-state index contributed by atoms with van der Waals surface area (Å²) < 4.78 is 11.0. The van der Waals surface area contributed by atoms with E-state index in [1.54, 1.807) is 18.2 Å². The number of amides is 1. The molecule has 1 amide bonds. The molecule has 0 N–H and O–H groups in total. The van der Waals surface area contributed by atoms with Crippen LogP contribution in [0, 0.1) is 0 Å². The van der Waals surface area contributed by atoms with Gasteiger partial charge in [-0.1, -0.05) is 0 Å². The zero-order valence-electron chi connectivity index (χ0n) is 11.7. The molecule has 5 nitrogen and oxygen atoms in total. The number of piperidine rings is 1. The van der Waals surface area contributed by atoms with Gasteiger partial charge in [0.15, 0.2) is 11.5 Å². The Morgan fingerprint density at radius 2 is 1.71 bits per heavy atom. The van der Waals surface area contributed by atoms with Gasteiger partial charge in [0.1, 0.15) is 19.0 Å². The van der Waals surface area contributed by atoms with E-state index in [0.29, 0.717) is 43.1 Å². The van der Waals surface area contributed by atoms with E-state index >= 15 is 0 Å². The van der Waals surface area contributed by atoms with E-state index in [2.05, 4.69) is 0 Å². The Morgan fingerprint density at radius 3 is 2.43 bits per heavy atom. The lowest BCUT2D eigenvalue weighted by molar-refractivity contribution is -0.122. The first-order chi connectivity index (χ1) is 10.2. The topological polar surface area (TPSA) is 55.8 Å². The minimum Gasteiger partial charge on any atom is -0.486 e. The summed E-state index contributed by atoms with van der Waals surface area (Å²) in [6, 6.07) is 5.49. The molecule has 3 heterocycles. The maximum Gasteiger partial charge on any atom is 0.254 e. The molecule has 0 spiro atoms. The predicted octanol–water partition coefficient (Wildman–Crippen LogP) is 1.79. The van der Waals surface area contributed by atoms with E-state index in [-0.39, 0.29) is 23.8 Å². The monoisotopic (exact) mass is 287 g/mol. The Kier molecular flexibility index (Phi) is 2.87. The lowest BCUT2D eigenvalue weighted by Gasteiger charge is -2.34. The Bertz CT molecular complexity index is 596. The van der Waals surface area contributed by atoms with Gasteiger partial charge < -0.3 is 14.4 Å². The molecular formula is C16H17NO4. The predicted molar refractivity (Wildman–Crippen MR) is 74.7 cm³/mol. The summed E-state index contributed by atoms with van der Waals surface area (Å²) >= 11 is 0. The fourth-order valence-corrected chi connectivity index (χ4v) is 3.63. The number of Topliss-reactive ketones (excluding diaryl/α,β-unsaturated/α-hetero) is 1. The standard InChI is InChI=1S/C16H17NO4/c18-13-8-11-2-3-12(9-13)17(11)16(19)10-1-4-14-15(7-10)21-6-5-20-14/h1,4,7,11-12H,2-3,5-6,8-9H2. The van der Waals surface area contributed by atoms with E-state index in [9.17, 15) is 9.59 Å². The molecule has 21 heavy (non-hydrogen) atoms. The van der Waals surface area contributed by atoms with Gasteiger partial charge in [-0.2, -0.15) is 0 Å². The zero-order chi connectivity index (χ0) is 14.4. The number of benzene rings is 1. The molecule has 3 aliphatic rings. The van der Waals surface area contributed by atoms with E-state index < -0.39 is 0 Å². The van der Waals surface area contributed by atoms with Gasteiger partial charge >= 0.3 is 0 Å². The van der Waals surface area contributed by atoms with Crippen LogP contribution in [0.25, 0.3) is 0 Å². The summed E-state index contributed by atoms with van der Waals surface area (Å²) in [4.78, 5) is 26.3. The number of rotatable bonds is 1. The van der Waals surface area contributed by atoms with Crippen molar-refractivity contribution in [3.63, 3.8) is 0 Å². The molecule has 0 aromatic heterocycles. The minimum atomic E-state index is 0.00646. The van der Waals surface area contributed by atoms with Gasteiger partial charge in [-0.05, 0) is 31.0 Å². The van der Waals surface area contributed by atoms with Crippen molar-refractivity contribution in [3.05, 3.63) is 23.8 Å². The van der Waals surface area contributed by atoms with Crippen LogP contribution in [-0.2, 0) is 4.79 Å². The maximum absolute atomic E-state index is 12.8. The second-order valence-corrected chi connectivity index (χ2v) is 5.90. The van der Waals surface area contributed by atoms with Crippen molar-refractivity contribution >= 4 is 11.7 Å². The SMILES string of the molecule is O=C1CC2CCC(C1)N2C(=O)c1ccc2c(c1)OCCO2. The molecule has 4 rings (SSSR count). The van der Waals surface area contributed by atoms with Crippen molar-refractivity contribution in [1.29, 1.82) is 0 Å². The van der Waals surface area contributed by atoms with E-state index in [1.807, 2.05) is 4.90 Å². The molecule has 0 aliphatic carbocycles. The number of ether oxygens (including phenoxy) is 2. The van der Waals surface area contributed by atoms with Gasteiger partial charge in [-0.25, -0.2) is 0 Å². The van der Waals surface area contributed by atoms with Crippen LogP contribution in [0.4, 0.5) is 0 Å². The van der Waals surface area contributed by atoms with Crippen LogP contribution >= 0.6 is 0 Å². The van der Waals surface area contributed by atoms with E-state index in [1.165, 1.54) is 0 Å². The summed E-state index contributed by atoms with van der Waals surface area (Å²) in [5.41, 5.74) is 0.616. The Labute approximate surface area is 122 Å². The number of hydrogen-bond donors (Lipinski definition) is 0. The van der Waals surface area contributed by atoms with Crippen LogP contribution in [0.5, 0.6) is 11.5 Å². The van der Waals surface area contributed by atoms with Gasteiger partial charge in [0, 0.05) is 30.5 Å². The van der Waals surface area contributed by atoms with Crippen molar-refractivity contribution < 1.29 is 19.1 Å². The van der Waals surface area contributed by atoms with Crippen molar-refractivity contribution in [3.8, 4) is 11.5 Å². The summed E-state index contributed by atoms with van der Waals surface area (Å²) in [6.45, 7) is 1.05. The van der Waals surface area contributed by atoms with E-state index in [4.69, 9.17) is 9.47 Å². The largest absolute Gasteiger partial charge is 0.486 e. The van der Waals surface area contributed by atoms with Gasteiger partial charge in [-0.15, -0.1) is 0 Å². The lowest BCUT2D eigenvalue weighted by atomic mass is 10.00. The second-order valence-electron chi connectivity index (χ2n) is 5.90. The molecular weight excluding hydrogens is 270 g/mol. The normalized spacial score (nSPS) is 26.9. The maximum atomic E-state index is 12.8. The first kappa shape index (κ1) is 12.7. The van der Waals surface area contributed by atoms with Crippen LogP contribution in [0.3, 0.4) is 0 Å². The first-order valence-electron chi connectivity index (χ1n) is 7.46. The molecule has 1 aromatic rings. The Balaban J connectivity index is 1.62. The second kappa shape index (κ2) is 4.76. The summed E-state index contributed by atoms with van der Waals surface area (Å²) in [7, 11) is 0. The van der Waals surface area contributed by atoms with Crippen LogP contribution in [0.1, 0.15) is 36.0 Å². The number of carbonyl (C=O) groups is 2. The van der Waals surface area contributed by atoms with Gasteiger partial charge in [0.05, 0.1) is 0 Å². The van der Waals surface area contributed by atoms with Crippen molar-refractivity contribution in [2.75, 3.05) is 13.2 Å². The number of ketones is 1. The molecule has 5 heteroatoms. The number of carbonyl (C=O) groups excluding carboxylic acids is 2. The van der Waals surface area contributed by atoms with E-state index in [0.717, 1.165) is 12.8 Å². The molecule has 3 aliphatic heterocycles. The molecule has 0 radical (unpaired) electrons. The molecule has 2 fully saturated rings.